The van der Waals surface area contributed by atoms with Crippen molar-refractivity contribution in [2.24, 2.45) is 0 Å². The van der Waals surface area contributed by atoms with Gasteiger partial charge in [-0.3, -0.25) is 4.79 Å². The Morgan fingerprint density at radius 1 is 1.53 bits per heavy atom. The van der Waals surface area contributed by atoms with Crippen LogP contribution in [0, 0.1) is 0 Å². The average Bonchev–Trinajstić information content (AvgIpc) is 2.69. The van der Waals surface area contributed by atoms with Gasteiger partial charge in [0.05, 0.1) is 0 Å². The first-order chi connectivity index (χ1) is 8.06. The van der Waals surface area contributed by atoms with E-state index in [-0.39, 0.29) is 6.42 Å². The van der Waals surface area contributed by atoms with Gasteiger partial charge in [0, 0.05) is 26.7 Å². The molecule has 17 heavy (non-hydrogen) atoms. The summed E-state index contributed by atoms with van der Waals surface area (Å²) in [6, 6.07) is 2.27. The Balaban J connectivity index is 2.27. The Hall–Kier alpha value is -2.11. The van der Waals surface area contributed by atoms with Crippen molar-refractivity contribution in [3.8, 4) is 0 Å². The predicted molar refractivity (Wildman–Crippen MR) is 62.1 cm³/mol. The molecule has 90 valence electrons. The summed E-state index contributed by atoms with van der Waals surface area (Å²) in [5, 5.41) is 8.60. The maximum atomic E-state index is 10.5. The lowest BCUT2D eigenvalue weighted by atomic mass is 10.1. The number of carboxylic acid groups (broad SMARTS) is 1. The van der Waals surface area contributed by atoms with E-state index in [1.807, 2.05) is 14.1 Å². The van der Waals surface area contributed by atoms with Crippen LogP contribution < -0.4 is 4.90 Å². The fourth-order valence-corrected chi connectivity index (χ4v) is 1.43. The lowest BCUT2D eigenvalue weighted by Crippen LogP contribution is -2.08. The zero-order valence-electron chi connectivity index (χ0n) is 9.67. The fourth-order valence-electron chi connectivity index (χ4n) is 1.43. The Kier molecular flexibility index (Phi) is 2.95. The van der Waals surface area contributed by atoms with Gasteiger partial charge in [0.25, 0.3) is 6.01 Å². The molecular formula is C11H13N3O3. The number of carboxylic acids is 1. The average molecular weight is 235 g/mol. The molecule has 2 heterocycles. The van der Waals surface area contributed by atoms with Gasteiger partial charge in [-0.2, -0.15) is 4.98 Å². The minimum Gasteiger partial charge on any atom is -0.481 e. The number of pyridine rings is 1. The van der Waals surface area contributed by atoms with E-state index >= 15 is 0 Å². The topological polar surface area (TPSA) is 79.5 Å². The Morgan fingerprint density at radius 3 is 2.94 bits per heavy atom. The molecule has 1 N–H and O–H groups in total. The van der Waals surface area contributed by atoms with Crippen molar-refractivity contribution in [1.82, 2.24) is 9.97 Å². The number of nitrogens with zero attached hydrogens (tertiary/aromatic N) is 3. The second-order valence-electron chi connectivity index (χ2n) is 3.95. The van der Waals surface area contributed by atoms with Crippen LogP contribution in [0.3, 0.4) is 0 Å². The zero-order valence-corrected chi connectivity index (χ0v) is 9.67. The molecule has 2 rings (SSSR count). The van der Waals surface area contributed by atoms with Gasteiger partial charge in [0.15, 0.2) is 5.58 Å². The molecule has 0 amide bonds. The molecule has 6 nitrogen and oxygen atoms in total. The SMILES string of the molecule is CN(C)c1nc2ncc(CCC(=O)O)cc2o1. The summed E-state index contributed by atoms with van der Waals surface area (Å²) in [5.41, 5.74) is 1.95. The first kappa shape index (κ1) is 11.4. The molecule has 0 aliphatic carbocycles. The number of hydrogen-bond acceptors (Lipinski definition) is 5. The van der Waals surface area contributed by atoms with E-state index in [9.17, 15) is 4.79 Å². The molecule has 6 heteroatoms. The minimum absolute atomic E-state index is 0.0852. The molecule has 0 saturated heterocycles. The van der Waals surface area contributed by atoms with E-state index in [4.69, 9.17) is 9.52 Å². The van der Waals surface area contributed by atoms with Crippen molar-refractivity contribution < 1.29 is 14.3 Å². The molecule has 0 fully saturated rings. The summed E-state index contributed by atoms with van der Waals surface area (Å²) >= 11 is 0. The number of aryl methyl sites for hydroxylation is 1. The zero-order chi connectivity index (χ0) is 12.4. The van der Waals surface area contributed by atoms with Crippen molar-refractivity contribution in [2.75, 3.05) is 19.0 Å². The molecule has 2 aromatic heterocycles. The highest BCUT2D eigenvalue weighted by Gasteiger charge is 2.09. The molecule has 0 aromatic carbocycles. The summed E-state index contributed by atoms with van der Waals surface area (Å²) in [5.74, 6) is -0.823. The van der Waals surface area contributed by atoms with Crippen LogP contribution in [-0.4, -0.2) is 35.1 Å². The molecule has 0 aliphatic rings. The van der Waals surface area contributed by atoms with E-state index in [1.165, 1.54) is 0 Å². The molecule has 0 spiro atoms. The highest BCUT2D eigenvalue weighted by atomic mass is 16.4. The molecule has 0 saturated carbocycles. The molecule has 2 aromatic rings. The second-order valence-corrected chi connectivity index (χ2v) is 3.95. The van der Waals surface area contributed by atoms with Crippen LogP contribution in [0.5, 0.6) is 0 Å². The molecule has 0 aliphatic heterocycles. The highest BCUT2D eigenvalue weighted by molar-refractivity contribution is 5.71. The van der Waals surface area contributed by atoms with E-state index < -0.39 is 5.97 Å². The van der Waals surface area contributed by atoms with Gasteiger partial charge in [-0.1, -0.05) is 0 Å². The first-order valence-electron chi connectivity index (χ1n) is 5.21. The number of aromatic nitrogens is 2. The summed E-state index contributed by atoms with van der Waals surface area (Å²) < 4.78 is 5.48. The van der Waals surface area contributed by atoms with E-state index in [2.05, 4.69) is 9.97 Å². The smallest absolute Gasteiger partial charge is 0.303 e. The van der Waals surface area contributed by atoms with Crippen molar-refractivity contribution in [3.05, 3.63) is 17.8 Å². The fraction of sp³-hybridized carbons (Fsp3) is 0.364. The minimum atomic E-state index is -0.823. The predicted octanol–water partition coefficient (Wildman–Crippen LogP) is 1.31. The van der Waals surface area contributed by atoms with E-state index in [1.54, 1.807) is 17.2 Å². The lowest BCUT2D eigenvalue weighted by Gasteiger charge is -2.02. The quantitative estimate of drug-likeness (QED) is 0.860. The summed E-state index contributed by atoms with van der Waals surface area (Å²) in [6.45, 7) is 0. The third kappa shape index (κ3) is 2.52. The van der Waals surface area contributed by atoms with Gasteiger partial charge in [0.2, 0.25) is 5.65 Å². The van der Waals surface area contributed by atoms with Gasteiger partial charge >= 0.3 is 5.97 Å². The molecule has 0 radical (unpaired) electrons. The summed E-state index contributed by atoms with van der Waals surface area (Å²) in [6.07, 6.45) is 2.16. The molecule has 0 atom stereocenters. The second kappa shape index (κ2) is 4.40. The number of anilines is 1. The first-order valence-corrected chi connectivity index (χ1v) is 5.21. The summed E-state index contributed by atoms with van der Waals surface area (Å²) in [7, 11) is 3.66. The van der Waals surface area contributed by atoms with Gasteiger partial charge in [0.1, 0.15) is 0 Å². The number of oxazole rings is 1. The monoisotopic (exact) mass is 235 g/mol. The van der Waals surface area contributed by atoms with Crippen LogP contribution in [0.1, 0.15) is 12.0 Å². The van der Waals surface area contributed by atoms with Gasteiger partial charge in [-0.15, -0.1) is 0 Å². The Morgan fingerprint density at radius 2 is 2.29 bits per heavy atom. The van der Waals surface area contributed by atoms with Gasteiger partial charge < -0.3 is 14.4 Å². The molecule has 0 unspecified atom stereocenters. The maximum Gasteiger partial charge on any atom is 0.303 e. The van der Waals surface area contributed by atoms with E-state index in [0.29, 0.717) is 23.7 Å². The Bertz CT molecular complexity index is 548. The third-order valence-corrected chi connectivity index (χ3v) is 2.30. The normalized spacial score (nSPS) is 10.7. The van der Waals surface area contributed by atoms with Crippen LogP contribution in [-0.2, 0) is 11.2 Å². The van der Waals surface area contributed by atoms with Crippen molar-refractivity contribution in [2.45, 2.75) is 12.8 Å². The number of rotatable bonds is 4. The summed E-state index contributed by atoms with van der Waals surface area (Å²) in [4.78, 5) is 20.5. The number of aliphatic carboxylic acids is 1. The third-order valence-electron chi connectivity index (χ3n) is 2.30. The highest BCUT2D eigenvalue weighted by Crippen LogP contribution is 2.20. The van der Waals surface area contributed by atoms with Gasteiger partial charge in [-0.25, -0.2) is 4.98 Å². The standard InChI is InChI=1S/C11H13N3O3/c1-14(2)11-13-10-8(17-11)5-7(6-12-10)3-4-9(15)16/h5-6H,3-4H2,1-2H3,(H,15,16). The molecular weight excluding hydrogens is 222 g/mol. The van der Waals surface area contributed by atoms with Crippen LogP contribution in [0.2, 0.25) is 0 Å². The van der Waals surface area contributed by atoms with Crippen LogP contribution in [0.25, 0.3) is 11.2 Å². The van der Waals surface area contributed by atoms with Gasteiger partial charge in [-0.05, 0) is 18.1 Å². The Labute approximate surface area is 97.9 Å². The molecule has 0 bridgehead atoms. The number of fused-ring (bicyclic) bond motifs is 1. The van der Waals surface area contributed by atoms with Crippen LogP contribution >= 0.6 is 0 Å². The van der Waals surface area contributed by atoms with Crippen LogP contribution in [0.4, 0.5) is 6.01 Å². The largest absolute Gasteiger partial charge is 0.481 e. The van der Waals surface area contributed by atoms with Crippen LogP contribution in [0.15, 0.2) is 16.7 Å². The van der Waals surface area contributed by atoms with Crippen molar-refractivity contribution >= 4 is 23.2 Å². The van der Waals surface area contributed by atoms with E-state index in [0.717, 1.165) is 5.56 Å². The number of carbonyl (C=O) groups is 1. The maximum absolute atomic E-state index is 10.5. The van der Waals surface area contributed by atoms with Crippen molar-refractivity contribution in [3.63, 3.8) is 0 Å². The lowest BCUT2D eigenvalue weighted by molar-refractivity contribution is -0.136. The van der Waals surface area contributed by atoms with Crippen molar-refractivity contribution in [1.29, 1.82) is 0 Å². The number of hydrogen-bond donors (Lipinski definition) is 1.